The zero-order chi connectivity index (χ0) is 17.0. The summed E-state index contributed by atoms with van der Waals surface area (Å²) in [6, 6.07) is 4.46. The molecule has 0 aliphatic carbocycles. The Morgan fingerprint density at radius 3 is 1.39 bits per heavy atom. The summed E-state index contributed by atoms with van der Waals surface area (Å²) in [4.78, 5) is 51.9. The SMILES string of the molecule is O=C(O)c1ccc(C(=O)OC(=O)c2ccc(C(=O)O)cn2)nc1. The lowest BCUT2D eigenvalue weighted by Gasteiger charge is -2.03. The Hall–Kier alpha value is -3.62. The van der Waals surface area contributed by atoms with Crippen LogP contribution in [0.2, 0.25) is 0 Å². The van der Waals surface area contributed by atoms with Crippen molar-refractivity contribution in [2.24, 2.45) is 0 Å². The number of ether oxygens (including phenoxy) is 1. The lowest BCUT2D eigenvalue weighted by Crippen LogP contribution is -2.15. The van der Waals surface area contributed by atoms with Crippen molar-refractivity contribution in [3.8, 4) is 0 Å². The van der Waals surface area contributed by atoms with Crippen molar-refractivity contribution in [2.75, 3.05) is 0 Å². The minimum atomic E-state index is -1.21. The molecule has 0 atom stereocenters. The first-order valence-corrected chi connectivity index (χ1v) is 6.03. The van der Waals surface area contributed by atoms with E-state index in [-0.39, 0.29) is 22.5 Å². The Morgan fingerprint density at radius 1 is 0.739 bits per heavy atom. The van der Waals surface area contributed by atoms with E-state index >= 15 is 0 Å². The number of carbonyl (C=O) groups excluding carboxylic acids is 2. The Kier molecular flexibility index (Phi) is 4.41. The van der Waals surface area contributed by atoms with Gasteiger partial charge in [0.2, 0.25) is 0 Å². The van der Waals surface area contributed by atoms with Crippen molar-refractivity contribution in [3.05, 3.63) is 59.2 Å². The molecule has 9 heteroatoms. The van der Waals surface area contributed by atoms with E-state index in [1.807, 2.05) is 0 Å². The van der Waals surface area contributed by atoms with Crippen molar-refractivity contribution in [1.82, 2.24) is 9.97 Å². The molecule has 2 aromatic heterocycles. The van der Waals surface area contributed by atoms with Crippen LogP contribution < -0.4 is 0 Å². The molecule has 0 aliphatic rings. The fraction of sp³-hybridized carbons (Fsp3) is 0. The largest absolute Gasteiger partial charge is 0.478 e. The van der Waals surface area contributed by atoms with Gasteiger partial charge in [-0.2, -0.15) is 0 Å². The van der Waals surface area contributed by atoms with Gasteiger partial charge in [-0.05, 0) is 24.3 Å². The maximum Gasteiger partial charge on any atom is 0.364 e. The second kappa shape index (κ2) is 6.43. The number of rotatable bonds is 4. The van der Waals surface area contributed by atoms with E-state index in [0.29, 0.717) is 0 Å². The van der Waals surface area contributed by atoms with Crippen molar-refractivity contribution in [1.29, 1.82) is 0 Å². The summed E-state index contributed by atoms with van der Waals surface area (Å²) in [5.74, 6) is -4.60. The number of carboxylic acid groups (broad SMARTS) is 2. The third-order valence-corrected chi connectivity index (χ3v) is 2.62. The zero-order valence-electron chi connectivity index (χ0n) is 11.3. The van der Waals surface area contributed by atoms with E-state index in [0.717, 1.165) is 36.7 Å². The molecule has 23 heavy (non-hydrogen) atoms. The number of hydrogen-bond donors (Lipinski definition) is 2. The normalized spacial score (nSPS) is 9.91. The average molecular weight is 316 g/mol. The molecule has 116 valence electrons. The highest BCUT2D eigenvalue weighted by atomic mass is 16.6. The van der Waals surface area contributed by atoms with Crippen LogP contribution in [0, 0.1) is 0 Å². The van der Waals surface area contributed by atoms with Crippen LogP contribution in [-0.2, 0) is 4.74 Å². The van der Waals surface area contributed by atoms with Crippen LogP contribution in [0.15, 0.2) is 36.7 Å². The molecule has 2 heterocycles. The molecule has 0 amide bonds. The summed E-state index contributed by atoms with van der Waals surface area (Å²) in [5.41, 5.74) is -0.770. The molecule has 2 rings (SSSR count). The molecule has 0 fully saturated rings. The minimum absolute atomic E-state index is 0.126. The first-order chi connectivity index (χ1) is 10.9. The van der Waals surface area contributed by atoms with Gasteiger partial charge >= 0.3 is 23.9 Å². The average Bonchev–Trinajstić information content (AvgIpc) is 2.54. The van der Waals surface area contributed by atoms with Gasteiger partial charge in [0.1, 0.15) is 11.4 Å². The van der Waals surface area contributed by atoms with Crippen LogP contribution in [-0.4, -0.2) is 44.1 Å². The molecule has 0 spiro atoms. The monoisotopic (exact) mass is 316 g/mol. The van der Waals surface area contributed by atoms with Crippen molar-refractivity contribution in [3.63, 3.8) is 0 Å². The Morgan fingerprint density at radius 2 is 1.13 bits per heavy atom. The number of esters is 2. The summed E-state index contributed by atoms with van der Waals surface area (Å²) >= 11 is 0. The predicted octanol–water partition coefficient (Wildman–Crippen LogP) is 0.870. The second-order valence-corrected chi connectivity index (χ2v) is 4.15. The van der Waals surface area contributed by atoms with Gasteiger partial charge in [0, 0.05) is 12.4 Å². The molecule has 0 bridgehead atoms. The molecule has 0 saturated heterocycles. The highest BCUT2D eigenvalue weighted by Gasteiger charge is 2.18. The topological polar surface area (TPSA) is 144 Å². The van der Waals surface area contributed by atoms with Crippen LogP contribution in [0.5, 0.6) is 0 Å². The van der Waals surface area contributed by atoms with E-state index in [1.54, 1.807) is 0 Å². The third-order valence-electron chi connectivity index (χ3n) is 2.62. The van der Waals surface area contributed by atoms with Gasteiger partial charge in [-0.15, -0.1) is 0 Å². The molecule has 0 saturated carbocycles. The number of aromatic carboxylic acids is 2. The minimum Gasteiger partial charge on any atom is -0.478 e. The molecule has 0 aromatic carbocycles. The lowest BCUT2D eigenvalue weighted by molar-refractivity contribution is 0.0387. The van der Waals surface area contributed by atoms with Gasteiger partial charge < -0.3 is 14.9 Å². The standard InChI is InChI=1S/C14H8N2O7/c17-11(18)7-1-3-9(15-5-7)13(21)23-14(22)10-4-2-8(6-16-10)12(19)20/h1-6H,(H,17,18)(H,19,20). The van der Waals surface area contributed by atoms with Crippen LogP contribution in [0.1, 0.15) is 41.7 Å². The Labute approximate surface area is 128 Å². The van der Waals surface area contributed by atoms with Crippen LogP contribution in [0.4, 0.5) is 0 Å². The summed E-state index contributed by atoms with van der Waals surface area (Å²) in [6.45, 7) is 0. The fourth-order valence-corrected chi connectivity index (χ4v) is 1.47. The van der Waals surface area contributed by atoms with Gasteiger partial charge in [0.25, 0.3) is 0 Å². The molecule has 0 aliphatic heterocycles. The lowest BCUT2D eigenvalue weighted by atomic mass is 10.2. The molecule has 2 aromatic rings. The summed E-state index contributed by atoms with van der Waals surface area (Å²) in [7, 11) is 0. The third kappa shape index (κ3) is 3.73. The number of aromatic nitrogens is 2. The maximum atomic E-state index is 11.7. The Bertz CT molecular complexity index is 714. The molecular formula is C14H8N2O7. The van der Waals surface area contributed by atoms with E-state index < -0.39 is 23.9 Å². The highest BCUT2D eigenvalue weighted by molar-refractivity contribution is 6.01. The second-order valence-electron chi connectivity index (χ2n) is 4.15. The van der Waals surface area contributed by atoms with E-state index in [2.05, 4.69) is 14.7 Å². The van der Waals surface area contributed by atoms with Gasteiger partial charge in [-0.1, -0.05) is 0 Å². The van der Waals surface area contributed by atoms with Crippen molar-refractivity contribution in [2.45, 2.75) is 0 Å². The van der Waals surface area contributed by atoms with Crippen LogP contribution in [0.25, 0.3) is 0 Å². The fourth-order valence-electron chi connectivity index (χ4n) is 1.47. The van der Waals surface area contributed by atoms with Gasteiger partial charge in [-0.25, -0.2) is 29.1 Å². The molecule has 2 N–H and O–H groups in total. The summed E-state index contributed by atoms with van der Waals surface area (Å²) in [5, 5.41) is 17.4. The molecule has 0 unspecified atom stereocenters. The quantitative estimate of drug-likeness (QED) is 0.620. The number of pyridine rings is 2. The van der Waals surface area contributed by atoms with E-state index in [9.17, 15) is 19.2 Å². The molecular weight excluding hydrogens is 308 g/mol. The summed E-state index contributed by atoms with van der Waals surface area (Å²) < 4.78 is 4.53. The van der Waals surface area contributed by atoms with E-state index in [4.69, 9.17) is 10.2 Å². The molecule has 0 radical (unpaired) electrons. The predicted molar refractivity (Wildman–Crippen MR) is 72.1 cm³/mol. The first kappa shape index (κ1) is 15.8. The number of carboxylic acids is 2. The van der Waals surface area contributed by atoms with Crippen LogP contribution >= 0.6 is 0 Å². The maximum absolute atomic E-state index is 11.7. The summed E-state index contributed by atoms with van der Waals surface area (Å²) in [6.07, 6.45) is 1.90. The van der Waals surface area contributed by atoms with Gasteiger partial charge in [0.15, 0.2) is 0 Å². The first-order valence-electron chi connectivity index (χ1n) is 6.03. The van der Waals surface area contributed by atoms with Crippen LogP contribution in [0.3, 0.4) is 0 Å². The Balaban J connectivity index is 2.08. The van der Waals surface area contributed by atoms with Crippen molar-refractivity contribution < 1.29 is 34.1 Å². The number of nitrogens with zero attached hydrogens (tertiary/aromatic N) is 2. The van der Waals surface area contributed by atoms with Crippen molar-refractivity contribution >= 4 is 23.9 Å². The number of carbonyl (C=O) groups is 4. The van der Waals surface area contributed by atoms with Gasteiger partial charge in [0.05, 0.1) is 11.1 Å². The number of hydrogen-bond acceptors (Lipinski definition) is 7. The van der Waals surface area contributed by atoms with E-state index in [1.165, 1.54) is 0 Å². The smallest absolute Gasteiger partial charge is 0.364 e. The highest BCUT2D eigenvalue weighted by Crippen LogP contribution is 2.06. The molecule has 9 nitrogen and oxygen atoms in total. The zero-order valence-corrected chi connectivity index (χ0v) is 11.3. The van der Waals surface area contributed by atoms with Gasteiger partial charge in [-0.3, -0.25) is 0 Å².